The molecule has 2 rings (SSSR count). The SMILES string of the molecule is O=S(=O)(NCc1ccc(F)cc1)c1cc(Cl)c(Br)s1. The van der Waals surface area contributed by atoms with Crippen LogP contribution >= 0.6 is 38.9 Å². The van der Waals surface area contributed by atoms with Crippen LogP contribution in [0.15, 0.2) is 38.3 Å². The van der Waals surface area contributed by atoms with Gasteiger partial charge in [-0.2, -0.15) is 0 Å². The van der Waals surface area contributed by atoms with E-state index in [1.165, 1.54) is 30.3 Å². The number of sulfonamides is 1. The molecule has 0 unspecified atom stereocenters. The highest BCUT2D eigenvalue weighted by molar-refractivity contribution is 9.11. The Morgan fingerprint density at radius 2 is 1.95 bits per heavy atom. The number of hydrogen-bond donors (Lipinski definition) is 1. The van der Waals surface area contributed by atoms with Crippen LogP contribution in [-0.4, -0.2) is 8.42 Å². The Labute approximate surface area is 127 Å². The number of rotatable bonds is 4. The van der Waals surface area contributed by atoms with Gasteiger partial charge in [-0.3, -0.25) is 0 Å². The Morgan fingerprint density at radius 3 is 2.47 bits per heavy atom. The molecule has 1 aromatic carbocycles. The summed E-state index contributed by atoms with van der Waals surface area (Å²) in [5.41, 5.74) is 0.673. The van der Waals surface area contributed by atoms with Gasteiger partial charge in [0.15, 0.2) is 0 Å². The van der Waals surface area contributed by atoms with Crippen molar-refractivity contribution in [2.45, 2.75) is 10.8 Å². The van der Waals surface area contributed by atoms with Gasteiger partial charge in [0.25, 0.3) is 0 Å². The fourth-order valence-corrected chi connectivity index (χ4v) is 4.77. The Morgan fingerprint density at radius 1 is 1.32 bits per heavy atom. The summed E-state index contributed by atoms with van der Waals surface area (Å²) in [6.07, 6.45) is 0. The summed E-state index contributed by atoms with van der Waals surface area (Å²) in [7, 11) is -3.61. The van der Waals surface area contributed by atoms with E-state index >= 15 is 0 Å². The summed E-state index contributed by atoms with van der Waals surface area (Å²) in [6.45, 7) is 0.0930. The first-order valence-corrected chi connectivity index (χ1v) is 8.54. The van der Waals surface area contributed by atoms with Gasteiger partial charge >= 0.3 is 0 Å². The molecule has 0 fully saturated rings. The molecule has 0 atom stereocenters. The van der Waals surface area contributed by atoms with E-state index in [0.717, 1.165) is 11.3 Å². The van der Waals surface area contributed by atoms with Crippen LogP contribution in [0.2, 0.25) is 5.02 Å². The van der Waals surface area contributed by atoms with Crippen LogP contribution in [-0.2, 0) is 16.6 Å². The molecule has 0 radical (unpaired) electrons. The Balaban J connectivity index is 2.11. The minimum Gasteiger partial charge on any atom is -0.207 e. The molecule has 8 heteroatoms. The van der Waals surface area contributed by atoms with E-state index in [0.29, 0.717) is 14.4 Å². The molecule has 0 saturated carbocycles. The topological polar surface area (TPSA) is 46.2 Å². The van der Waals surface area contributed by atoms with Crippen molar-refractivity contribution < 1.29 is 12.8 Å². The summed E-state index contributed by atoms with van der Waals surface area (Å²) in [6, 6.07) is 6.98. The van der Waals surface area contributed by atoms with Crippen molar-refractivity contribution in [3.63, 3.8) is 0 Å². The molecule has 2 aromatic rings. The number of benzene rings is 1. The van der Waals surface area contributed by atoms with Gasteiger partial charge in [0.05, 0.1) is 8.81 Å². The minimum atomic E-state index is -3.61. The summed E-state index contributed by atoms with van der Waals surface area (Å²) >= 11 is 10.00. The molecule has 0 amide bonds. The smallest absolute Gasteiger partial charge is 0.207 e. The second-order valence-corrected chi connectivity index (χ2v) is 8.41. The molecule has 0 saturated heterocycles. The molecule has 19 heavy (non-hydrogen) atoms. The van der Waals surface area contributed by atoms with Gasteiger partial charge in [0.1, 0.15) is 10.0 Å². The molecule has 1 N–H and O–H groups in total. The predicted molar refractivity (Wildman–Crippen MR) is 77.5 cm³/mol. The molecule has 0 aliphatic heterocycles. The van der Waals surface area contributed by atoms with Crippen molar-refractivity contribution in [3.05, 3.63) is 50.5 Å². The van der Waals surface area contributed by atoms with Crippen molar-refractivity contribution in [1.82, 2.24) is 4.72 Å². The highest BCUT2D eigenvalue weighted by Crippen LogP contribution is 2.34. The van der Waals surface area contributed by atoms with Crippen LogP contribution in [0, 0.1) is 5.82 Å². The quantitative estimate of drug-likeness (QED) is 0.872. The van der Waals surface area contributed by atoms with Gasteiger partial charge in [0.2, 0.25) is 10.0 Å². The molecule has 102 valence electrons. The third-order valence-corrected chi connectivity index (χ3v) is 6.62. The first kappa shape index (κ1) is 14.9. The van der Waals surface area contributed by atoms with Crippen molar-refractivity contribution in [3.8, 4) is 0 Å². The normalized spacial score (nSPS) is 11.7. The Bertz CT molecular complexity index is 666. The molecule has 0 aliphatic carbocycles. The first-order chi connectivity index (χ1) is 8.88. The van der Waals surface area contributed by atoms with Crippen LogP contribution in [0.3, 0.4) is 0 Å². The van der Waals surface area contributed by atoms with E-state index in [4.69, 9.17) is 11.6 Å². The monoisotopic (exact) mass is 383 g/mol. The Hall–Kier alpha value is -0.470. The third kappa shape index (κ3) is 3.76. The number of thiophene rings is 1. The second-order valence-electron chi connectivity index (χ2n) is 3.64. The van der Waals surface area contributed by atoms with Crippen LogP contribution in [0.5, 0.6) is 0 Å². The fourth-order valence-electron chi connectivity index (χ4n) is 1.31. The maximum Gasteiger partial charge on any atom is 0.250 e. The van der Waals surface area contributed by atoms with Crippen LogP contribution < -0.4 is 4.72 Å². The van der Waals surface area contributed by atoms with Gasteiger partial charge in [-0.1, -0.05) is 23.7 Å². The van der Waals surface area contributed by atoms with E-state index in [2.05, 4.69) is 20.7 Å². The molecule has 0 spiro atoms. The van der Waals surface area contributed by atoms with Gasteiger partial charge in [-0.25, -0.2) is 17.5 Å². The van der Waals surface area contributed by atoms with Crippen LogP contribution in [0.25, 0.3) is 0 Å². The number of halogens is 3. The Kier molecular flexibility index (Phi) is 4.62. The molecule has 3 nitrogen and oxygen atoms in total. The summed E-state index contributed by atoms with van der Waals surface area (Å²) < 4.78 is 39.8. The average molecular weight is 385 g/mol. The van der Waals surface area contributed by atoms with Gasteiger partial charge in [0, 0.05) is 6.54 Å². The van der Waals surface area contributed by atoms with Crippen molar-refractivity contribution in [2.75, 3.05) is 0 Å². The molecule has 1 aromatic heterocycles. The lowest BCUT2D eigenvalue weighted by molar-refractivity contribution is 0.583. The summed E-state index contributed by atoms with van der Waals surface area (Å²) in [4.78, 5) is 0. The molecule has 1 heterocycles. The molecule has 0 aliphatic rings. The van der Waals surface area contributed by atoms with Crippen LogP contribution in [0.1, 0.15) is 5.56 Å². The van der Waals surface area contributed by atoms with E-state index in [-0.39, 0.29) is 16.6 Å². The lowest BCUT2D eigenvalue weighted by Crippen LogP contribution is -2.22. The van der Waals surface area contributed by atoms with E-state index in [1.807, 2.05) is 0 Å². The zero-order valence-electron chi connectivity index (χ0n) is 9.36. The zero-order chi connectivity index (χ0) is 14.0. The second kappa shape index (κ2) is 5.88. The van der Waals surface area contributed by atoms with Crippen molar-refractivity contribution in [2.24, 2.45) is 0 Å². The van der Waals surface area contributed by atoms with Gasteiger partial charge in [-0.15, -0.1) is 11.3 Å². The van der Waals surface area contributed by atoms with E-state index in [1.54, 1.807) is 0 Å². The minimum absolute atomic E-state index is 0.0930. The lowest BCUT2D eigenvalue weighted by atomic mass is 10.2. The van der Waals surface area contributed by atoms with Crippen molar-refractivity contribution in [1.29, 1.82) is 0 Å². The fraction of sp³-hybridized carbons (Fsp3) is 0.0909. The highest BCUT2D eigenvalue weighted by Gasteiger charge is 2.18. The summed E-state index contributed by atoms with van der Waals surface area (Å²) in [5, 5.41) is 0.354. The van der Waals surface area contributed by atoms with Gasteiger partial charge < -0.3 is 0 Å². The summed E-state index contributed by atoms with van der Waals surface area (Å²) in [5.74, 6) is -0.361. The first-order valence-electron chi connectivity index (χ1n) is 5.07. The zero-order valence-corrected chi connectivity index (χ0v) is 13.3. The lowest BCUT2D eigenvalue weighted by Gasteiger charge is -2.04. The molecular formula is C11H8BrClFNO2S2. The molecule has 0 bridgehead atoms. The standard InChI is InChI=1S/C11H8BrClFNO2S2/c12-11-9(13)5-10(18-11)19(16,17)15-6-7-1-3-8(14)4-2-7/h1-5,15H,6H2. The maximum absolute atomic E-state index is 12.7. The predicted octanol–water partition coefficient (Wildman–Crippen LogP) is 3.78. The van der Waals surface area contributed by atoms with Crippen molar-refractivity contribution >= 4 is 48.9 Å². The van der Waals surface area contributed by atoms with E-state index in [9.17, 15) is 12.8 Å². The molecular weight excluding hydrogens is 377 g/mol. The van der Waals surface area contributed by atoms with E-state index < -0.39 is 10.0 Å². The largest absolute Gasteiger partial charge is 0.250 e. The number of nitrogens with one attached hydrogen (secondary N) is 1. The average Bonchev–Trinajstić information content (AvgIpc) is 2.70. The maximum atomic E-state index is 12.7. The van der Waals surface area contributed by atoms with Crippen LogP contribution in [0.4, 0.5) is 4.39 Å². The van der Waals surface area contributed by atoms with Gasteiger partial charge in [-0.05, 0) is 39.7 Å². The highest BCUT2D eigenvalue weighted by atomic mass is 79.9. The number of hydrogen-bond acceptors (Lipinski definition) is 3. The third-order valence-electron chi connectivity index (χ3n) is 2.27.